The molecule has 5 rings (SSSR count). The lowest BCUT2D eigenvalue weighted by Crippen LogP contribution is -2.29. The fourth-order valence-electron chi connectivity index (χ4n) is 4.40. The number of fused-ring (bicyclic) bond motifs is 1. The molecule has 2 aliphatic heterocycles. The Morgan fingerprint density at radius 2 is 1.88 bits per heavy atom. The number of aliphatic hydroxyl groups is 1. The number of carbonyl (C=O) groups excluding carboxylic acids is 2. The van der Waals surface area contributed by atoms with E-state index < -0.39 is 17.7 Å². The van der Waals surface area contributed by atoms with Gasteiger partial charge in [-0.1, -0.05) is 12.1 Å². The van der Waals surface area contributed by atoms with E-state index in [2.05, 4.69) is 0 Å². The summed E-state index contributed by atoms with van der Waals surface area (Å²) < 4.78 is 11.5. The number of rotatable bonds is 3. The van der Waals surface area contributed by atoms with Gasteiger partial charge >= 0.3 is 0 Å². The maximum absolute atomic E-state index is 13.2. The Morgan fingerprint density at radius 1 is 1.06 bits per heavy atom. The van der Waals surface area contributed by atoms with E-state index in [1.54, 1.807) is 43.3 Å². The summed E-state index contributed by atoms with van der Waals surface area (Å²) >= 11 is 0. The van der Waals surface area contributed by atoms with E-state index in [1.165, 1.54) is 4.90 Å². The lowest BCUT2D eigenvalue weighted by molar-refractivity contribution is -0.132. The molecule has 0 bridgehead atoms. The van der Waals surface area contributed by atoms with Crippen LogP contribution in [0.25, 0.3) is 5.76 Å². The van der Waals surface area contributed by atoms with Gasteiger partial charge in [-0.3, -0.25) is 14.5 Å². The molecule has 3 heterocycles. The molecule has 3 aromatic rings. The number of aryl methyl sites for hydroxylation is 2. The van der Waals surface area contributed by atoms with E-state index in [1.807, 2.05) is 37.1 Å². The lowest BCUT2D eigenvalue weighted by atomic mass is 9.98. The minimum Gasteiger partial charge on any atom is -0.507 e. The second-order valence-corrected chi connectivity index (χ2v) is 8.41. The first kappa shape index (κ1) is 20.9. The zero-order valence-corrected chi connectivity index (χ0v) is 18.7. The number of anilines is 2. The summed E-state index contributed by atoms with van der Waals surface area (Å²) in [5.41, 5.74) is 2.75. The summed E-state index contributed by atoms with van der Waals surface area (Å²) in [5, 5.41) is 11.3. The quantitative estimate of drug-likeness (QED) is 0.367. The highest BCUT2D eigenvalue weighted by molar-refractivity contribution is 6.51. The van der Waals surface area contributed by atoms with Gasteiger partial charge in [-0.15, -0.1) is 0 Å². The van der Waals surface area contributed by atoms with E-state index >= 15 is 0 Å². The van der Waals surface area contributed by atoms with Gasteiger partial charge in [-0.25, -0.2) is 0 Å². The van der Waals surface area contributed by atoms with Crippen LogP contribution in [-0.2, 0) is 9.59 Å². The van der Waals surface area contributed by atoms with Crippen molar-refractivity contribution in [3.63, 3.8) is 0 Å². The molecule has 0 saturated carbocycles. The number of carbonyl (C=O) groups is 2. The molecule has 0 spiro atoms. The number of Topliss-reactive ketones (excluding diaryl/α,β-unsaturated/α-hetero) is 1. The number of ketones is 1. The first-order chi connectivity index (χ1) is 15.8. The monoisotopic (exact) mass is 444 g/mol. The maximum Gasteiger partial charge on any atom is 0.300 e. The van der Waals surface area contributed by atoms with Gasteiger partial charge < -0.3 is 19.2 Å². The van der Waals surface area contributed by atoms with Crippen LogP contribution in [0.2, 0.25) is 0 Å². The van der Waals surface area contributed by atoms with Crippen LogP contribution < -0.4 is 14.5 Å². The normalized spacial score (nSPS) is 19.5. The standard InChI is InChI=1S/C26H24N2O5/c1-15-5-4-6-18(13-15)28-23(21-9-7-16(2)33-21)22(25(30)26(28)31)24(29)17-8-10-20-19(14-17)27(3)11-12-32-20/h4-10,13-14,23,29H,11-12H2,1-3H3/b24-22-. The third-order valence-electron chi connectivity index (χ3n) is 6.08. The van der Waals surface area contributed by atoms with Crippen LogP contribution in [0.1, 0.15) is 28.7 Å². The first-order valence-electron chi connectivity index (χ1n) is 10.8. The predicted octanol–water partition coefficient (Wildman–Crippen LogP) is 4.35. The highest BCUT2D eigenvalue weighted by Crippen LogP contribution is 2.43. The Bertz CT molecular complexity index is 1310. The average Bonchev–Trinajstić information content (AvgIpc) is 3.34. The third kappa shape index (κ3) is 3.46. The van der Waals surface area contributed by atoms with Crippen LogP contribution in [0.5, 0.6) is 5.75 Å². The number of nitrogens with zero attached hydrogens (tertiary/aromatic N) is 2. The smallest absolute Gasteiger partial charge is 0.300 e. The molecule has 1 N–H and O–H groups in total. The van der Waals surface area contributed by atoms with Crippen molar-refractivity contribution in [2.24, 2.45) is 0 Å². The van der Waals surface area contributed by atoms with Gasteiger partial charge in [0.05, 0.1) is 17.8 Å². The van der Waals surface area contributed by atoms with Crippen molar-refractivity contribution in [1.29, 1.82) is 0 Å². The SMILES string of the molecule is Cc1cccc(N2C(=O)C(=O)/C(=C(\O)c3ccc4c(c3)N(C)CCO4)C2c2ccc(C)o2)c1. The highest BCUT2D eigenvalue weighted by Gasteiger charge is 2.48. The molecule has 1 aromatic heterocycles. The van der Waals surface area contributed by atoms with Gasteiger partial charge in [0.1, 0.15) is 35.7 Å². The Labute approximate surface area is 191 Å². The Hall–Kier alpha value is -4.00. The van der Waals surface area contributed by atoms with Gasteiger partial charge in [0.2, 0.25) is 0 Å². The third-order valence-corrected chi connectivity index (χ3v) is 6.08. The summed E-state index contributed by atoms with van der Waals surface area (Å²) in [7, 11) is 1.94. The summed E-state index contributed by atoms with van der Waals surface area (Å²) in [6, 6.07) is 15.2. The van der Waals surface area contributed by atoms with Crippen molar-refractivity contribution < 1.29 is 23.8 Å². The molecule has 168 valence electrons. The van der Waals surface area contributed by atoms with Crippen LogP contribution in [0, 0.1) is 13.8 Å². The van der Waals surface area contributed by atoms with Gasteiger partial charge in [0.25, 0.3) is 11.7 Å². The molecule has 1 unspecified atom stereocenters. The molecule has 7 nitrogen and oxygen atoms in total. The minimum atomic E-state index is -0.884. The number of ether oxygens (including phenoxy) is 1. The maximum atomic E-state index is 13.2. The predicted molar refractivity (Wildman–Crippen MR) is 125 cm³/mol. The number of hydrogen-bond acceptors (Lipinski definition) is 6. The van der Waals surface area contributed by atoms with E-state index in [-0.39, 0.29) is 11.3 Å². The molecule has 1 fully saturated rings. The highest BCUT2D eigenvalue weighted by atomic mass is 16.5. The van der Waals surface area contributed by atoms with Crippen LogP contribution in [-0.4, -0.2) is 37.0 Å². The van der Waals surface area contributed by atoms with Crippen molar-refractivity contribution in [1.82, 2.24) is 0 Å². The zero-order valence-electron chi connectivity index (χ0n) is 18.7. The number of benzene rings is 2. The van der Waals surface area contributed by atoms with Gasteiger partial charge in [0.15, 0.2) is 0 Å². The van der Waals surface area contributed by atoms with Gasteiger partial charge in [-0.2, -0.15) is 0 Å². The lowest BCUT2D eigenvalue weighted by Gasteiger charge is -2.28. The van der Waals surface area contributed by atoms with E-state index in [0.29, 0.717) is 41.7 Å². The van der Waals surface area contributed by atoms with Crippen LogP contribution >= 0.6 is 0 Å². The summed E-state index contributed by atoms with van der Waals surface area (Å²) in [6.07, 6.45) is 0. The molecule has 1 saturated heterocycles. The average molecular weight is 444 g/mol. The number of aliphatic hydroxyl groups excluding tert-OH is 1. The number of amides is 1. The van der Waals surface area contributed by atoms with Crippen molar-refractivity contribution in [3.05, 3.63) is 82.8 Å². The molecule has 1 atom stereocenters. The molecular formula is C26H24N2O5. The first-order valence-corrected chi connectivity index (χ1v) is 10.8. The summed E-state index contributed by atoms with van der Waals surface area (Å²) in [6.45, 7) is 4.99. The summed E-state index contributed by atoms with van der Waals surface area (Å²) in [4.78, 5) is 29.9. The molecule has 1 amide bonds. The minimum absolute atomic E-state index is 0.00446. The largest absolute Gasteiger partial charge is 0.507 e. The van der Waals surface area contributed by atoms with Crippen LogP contribution in [0.3, 0.4) is 0 Å². The fraction of sp³-hybridized carbons (Fsp3) is 0.231. The topological polar surface area (TPSA) is 83.2 Å². The Balaban J connectivity index is 1.69. The van der Waals surface area contributed by atoms with Crippen molar-refractivity contribution in [2.75, 3.05) is 30.0 Å². The Kier molecular flexibility index (Phi) is 4.96. The molecule has 33 heavy (non-hydrogen) atoms. The second kappa shape index (κ2) is 7.85. The van der Waals surface area contributed by atoms with Gasteiger partial charge in [0, 0.05) is 18.3 Å². The van der Waals surface area contributed by atoms with Crippen molar-refractivity contribution in [3.8, 4) is 5.75 Å². The van der Waals surface area contributed by atoms with Gasteiger partial charge in [-0.05, 0) is 61.9 Å². The number of likely N-dealkylation sites (N-methyl/N-ethyl adjacent to an activating group) is 1. The molecule has 2 aromatic carbocycles. The molecular weight excluding hydrogens is 420 g/mol. The van der Waals surface area contributed by atoms with Crippen LogP contribution in [0.15, 0.2) is 64.6 Å². The molecule has 7 heteroatoms. The van der Waals surface area contributed by atoms with Crippen molar-refractivity contribution >= 4 is 28.8 Å². The molecule has 0 aliphatic carbocycles. The van der Waals surface area contributed by atoms with E-state index in [0.717, 1.165) is 11.3 Å². The van der Waals surface area contributed by atoms with E-state index in [4.69, 9.17) is 9.15 Å². The zero-order chi connectivity index (χ0) is 23.3. The molecule has 2 aliphatic rings. The number of furan rings is 1. The second-order valence-electron chi connectivity index (χ2n) is 8.41. The summed E-state index contributed by atoms with van der Waals surface area (Å²) in [5.74, 6) is 0.0543. The van der Waals surface area contributed by atoms with Crippen molar-refractivity contribution in [2.45, 2.75) is 19.9 Å². The fourth-order valence-corrected chi connectivity index (χ4v) is 4.40. The molecule has 0 radical (unpaired) electrons. The number of hydrogen-bond donors (Lipinski definition) is 1. The Morgan fingerprint density at radius 3 is 2.61 bits per heavy atom. The van der Waals surface area contributed by atoms with Crippen LogP contribution in [0.4, 0.5) is 11.4 Å². The van der Waals surface area contributed by atoms with E-state index in [9.17, 15) is 14.7 Å².